The third-order valence-corrected chi connectivity index (χ3v) is 3.99. The smallest absolute Gasteiger partial charge is 0.174 e. The summed E-state index contributed by atoms with van der Waals surface area (Å²) >= 11 is 2.03. The first-order valence-corrected chi connectivity index (χ1v) is 6.95. The molecule has 0 spiro atoms. The van der Waals surface area contributed by atoms with E-state index in [1.165, 1.54) is 17.9 Å². The molecule has 1 aliphatic rings. The Kier molecular flexibility index (Phi) is 4.57. The number of anilines is 1. The molecule has 1 saturated heterocycles. The lowest BCUT2D eigenvalue weighted by molar-refractivity contribution is 0.368. The molecule has 3 nitrogen and oxygen atoms in total. The lowest BCUT2D eigenvalue weighted by Gasteiger charge is -2.12. The average Bonchev–Trinajstić information content (AvgIpc) is 2.87. The molecule has 0 radical (unpaired) electrons. The molecule has 1 aromatic rings. The summed E-state index contributed by atoms with van der Waals surface area (Å²) in [6.45, 7) is 1.12. The molecule has 0 saturated carbocycles. The number of benzene rings is 1. The highest BCUT2D eigenvalue weighted by molar-refractivity contribution is 7.99. The summed E-state index contributed by atoms with van der Waals surface area (Å²) in [4.78, 5) is 0. The molecule has 0 bridgehead atoms. The quantitative estimate of drug-likeness (QED) is 0.870. The Hall–Kier alpha value is -1.34. The SMILES string of the molecule is N#CCOc1cccc(NCC2CCSC2)c1. The first-order chi connectivity index (χ1) is 8.38. The van der Waals surface area contributed by atoms with Crippen molar-refractivity contribution in [1.29, 1.82) is 5.26 Å². The lowest BCUT2D eigenvalue weighted by Crippen LogP contribution is -2.13. The first kappa shape index (κ1) is 12.1. The fourth-order valence-electron chi connectivity index (χ4n) is 1.82. The van der Waals surface area contributed by atoms with Crippen molar-refractivity contribution in [3.05, 3.63) is 24.3 Å². The lowest BCUT2D eigenvalue weighted by atomic mass is 10.1. The van der Waals surface area contributed by atoms with Crippen LogP contribution in [0.5, 0.6) is 5.75 Å². The van der Waals surface area contributed by atoms with Gasteiger partial charge in [0.25, 0.3) is 0 Å². The summed E-state index contributed by atoms with van der Waals surface area (Å²) in [5.74, 6) is 4.08. The first-order valence-electron chi connectivity index (χ1n) is 5.80. The largest absolute Gasteiger partial charge is 0.479 e. The Morgan fingerprint density at radius 2 is 2.47 bits per heavy atom. The molecule has 0 amide bonds. The molecular formula is C13H16N2OS. The summed E-state index contributed by atoms with van der Waals surface area (Å²) in [5, 5.41) is 11.9. The zero-order valence-electron chi connectivity index (χ0n) is 9.69. The zero-order chi connectivity index (χ0) is 11.9. The van der Waals surface area contributed by atoms with Gasteiger partial charge in [-0.15, -0.1) is 0 Å². The summed E-state index contributed by atoms with van der Waals surface area (Å²) in [6.07, 6.45) is 1.31. The molecule has 1 heterocycles. The normalized spacial score (nSPS) is 18.6. The van der Waals surface area contributed by atoms with Crippen LogP contribution < -0.4 is 10.1 Å². The molecule has 1 unspecified atom stereocenters. The van der Waals surface area contributed by atoms with Gasteiger partial charge in [-0.25, -0.2) is 0 Å². The van der Waals surface area contributed by atoms with Crippen molar-refractivity contribution in [2.75, 3.05) is 30.0 Å². The van der Waals surface area contributed by atoms with Gasteiger partial charge in [0.05, 0.1) is 0 Å². The van der Waals surface area contributed by atoms with E-state index in [9.17, 15) is 0 Å². The summed E-state index contributed by atoms with van der Waals surface area (Å²) < 4.78 is 5.26. The van der Waals surface area contributed by atoms with Crippen molar-refractivity contribution in [3.8, 4) is 11.8 Å². The molecule has 1 aliphatic heterocycles. The third-order valence-electron chi connectivity index (χ3n) is 2.76. The maximum absolute atomic E-state index is 8.45. The number of thioether (sulfide) groups is 1. The highest BCUT2D eigenvalue weighted by atomic mass is 32.2. The zero-order valence-corrected chi connectivity index (χ0v) is 10.5. The van der Waals surface area contributed by atoms with Gasteiger partial charge < -0.3 is 10.1 Å². The van der Waals surface area contributed by atoms with E-state index in [1.54, 1.807) is 0 Å². The number of nitrogens with zero attached hydrogens (tertiary/aromatic N) is 1. The molecule has 1 atom stereocenters. The molecule has 1 fully saturated rings. The molecule has 4 heteroatoms. The van der Waals surface area contributed by atoms with Crippen LogP contribution in [0.15, 0.2) is 24.3 Å². The van der Waals surface area contributed by atoms with Crippen LogP contribution in [0, 0.1) is 17.2 Å². The average molecular weight is 248 g/mol. The van der Waals surface area contributed by atoms with Crippen LogP contribution in [-0.4, -0.2) is 24.7 Å². The van der Waals surface area contributed by atoms with Crippen LogP contribution in [0.3, 0.4) is 0 Å². The number of rotatable bonds is 5. The molecule has 1 N–H and O–H groups in total. The van der Waals surface area contributed by atoms with Crippen molar-refractivity contribution in [2.45, 2.75) is 6.42 Å². The highest BCUT2D eigenvalue weighted by Crippen LogP contribution is 2.24. The van der Waals surface area contributed by atoms with Crippen LogP contribution >= 0.6 is 11.8 Å². The Labute approximate surface area is 106 Å². The topological polar surface area (TPSA) is 45.0 Å². The summed E-state index contributed by atoms with van der Waals surface area (Å²) in [7, 11) is 0. The van der Waals surface area contributed by atoms with Gasteiger partial charge in [-0.2, -0.15) is 17.0 Å². The minimum atomic E-state index is 0.0999. The van der Waals surface area contributed by atoms with Crippen molar-refractivity contribution in [3.63, 3.8) is 0 Å². The second-order valence-electron chi connectivity index (χ2n) is 4.09. The van der Waals surface area contributed by atoms with Gasteiger partial charge in [0, 0.05) is 18.3 Å². The fourth-order valence-corrected chi connectivity index (χ4v) is 3.10. The Balaban J connectivity index is 1.85. The number of hydrogen-bond donors (Lipinski definition) is 1. The fraction of sp³-hybridized carbons (Fsp3) is 0.462. The predicted octanol–water partition coefficient (Wildman–Crippen LogP) is 2.75. The highest BCUT2D eigenvalue weighted by Gasteiger charge is 2.14. The number of ether oxygens (including phenoxy) is 1. The second-order valence-corrected chi connectivity index (χ2v) is 5.23. The van der Waals surface area contributed by atoms with E-state index in [0.717, 1.165) is 23.9 Å². The number of nitrogens with one attached hydrogen (secondary N) is 1. The van der Waals surface area contributed by atoms with Gasteiger partial charge in [-0.1, -0.05) is 6.07 Å². The summed E-state index contributed by atoms with van der Waals surface area (Å²) in [5.41, 5.74) is 1.07. The Morgan fingerprint density at radius 1 is 1.53 bits per heavy atom. The van der Waals surface area contributed by atoms with E-state index in [0.29, 0.717) is 0 Å². The van der Waals surface area contributed by atoms with Gasteiger partial charge in [0.15, 0.2) is 6.61 Å². The molecule has 2 rings (SSSR count). The van der Waals surface area contributed by atoms with Gasteiger partial charge in [-0.3, -0.25) is 0 Å². The standard InChI is InChI=1S/C13H16N2OS/c14-5-6-16-13-3-1-2-12(8-13)15-9-11-4-7-17-10-11/h1-3,8,11,15H,4,6-7,9-10H2. The van der Waals surface area contributed by atoms with Gasteiger partial charge in [0.1, 0.15) is 11.8 Å². The van der Waals surface area contributed by atoms with Crippen molar-refractivity contribution in [2.24, 2.45) is 5.92 Å². The van der Waals surface area contributed by atoms with Gasteiger partial charge in [-0.05, 0) is 36.0 Å². The predicted molar refractivity (Wildman–Crippen MR) is 71.5 cm³/mol. The van der Waals surface area contributed by atoms with Crippen LogP contribution in [0.2, 0.25) is 0 Å². The molecule has 0 aliphatic carbocycles. The maximum atomic E-state index is 8.45. The Morgan fingerprint density at radius 3 is 3.24 bits per heavy atom. The van der Waals surface area contributed by atoms with Crippen LogP contribution in [0.25, 0.3) is 0 Å². The monoisotopic (exact) mass is 248 g/mol. The number of hydrogen-bond acceptors (Lipinski definition) is 4. The van der Waals surface area contributed by atoms with Crippen LogP contribution in [0.4, 0.5) is 5.69 Å². The van der Waals surface area contributed by atoms with E-state index >= 15 is 0 Å². The molecule has 90 valence electrons. The second kappa shape index (κ2) is 6.41. The minimum Gasteiger partial charge on any atom is -0.479 e. The van der Waals surface area contributed by atoms with Crippen molar-refractivity contribution in [1.82, 2.24) is 0 Å². The van der Waals surface area contributed by atoms with Gasteiger partial charge >= 0.3 is 0 Å². The molecule has 0 aromatic heterocycles. The van der Waals surface area contributed by atoms with E-state index in [-0.39, 0.29) is 6.61 Å². The third kappa shape index (κ3) is 3.86. The Bertz CT molecular complexity index is 397. The van der Waals surface area contributed by atoms with E-state index in [2.05, 4.69) is 5.32 Å². The van der Waals surface area contributed by atoms with Crippen LogP contribution in [0.1, 0.15) is 6.42 Å². The van der Waals surface area contributed by atoms with Crippen molar-refractivity contribution < 1.29 is 4.74 Å². The molecular weight excluding hydrogens is 232 g/mol. The van der Waals surface area contributed by atoms with E-state index in [1.807, 2.05) is 42.1 Å². The van der Waals surface area contributed by atoms with Crippen molar-refractivity contribution >= 4 is 17.4 Å². The van der Waals surface area contributed by atoms with E-state index in [4.69, 9.17) is 10.00 Å². The van der Waals surface area contributed by atoms with Gasteiger partial charge in [0.2, 0.25) is 0 Å². The van der Waals surface area contributed by atoms with E-state index < -0.39 is 0 Å². The number of nitriles is 1. The van der Waals surface area contributed by atoms with Crippen LogP contribution in [-0.2, 0) is 0 Å². The maximum Gasteiger partial charge on any atom is 0.174 e. The summed E-state index contributed by atoms with van der Waals surface area (Å²) in [6, 6.07) is 9.75. The molecule has 17 heavy (non-hydrogen) atoms. The minimum absolute atomic E-state index is 0.0999. The molecule has 1 aromatic carbocycles.